The van der Waals surface area contributed by atoms with Gasteiger partial charge in [-0.2, -0.15) is 0 Å². The Morgan fingerprint density at radius 3 is 2.86 bits per heavy atom. The summed E-state index contributed by atoms with van der Waals surface area (Å²) in [7, 11) is 1.46. The van der Waals surface area contributed by atoms with Crippen LogP contribution >= 0.6 is 0 Å². The number of aliphatic hydroxyl groups excluding tert-OH is 1. The van der Waals surface area contributed by atoms with Crippen LogP contribution in [-0.4, -0.2) is 28.7 Å². The highest BCUT2D eigenvalue weighted by Gasteiger charge is 2.25. The van der Waals surface area contributed by atoms with Gasteiger partial charge in [0.2, 0.25) is 0 Å². The standard InChI is InChI=1S/C28H29FN4O2/c1-16(2)18-5-4-6-19-17(15-32-26(18)19)11-13-30-22-8-9-23(28(35-3)25(22)29)33-21-12-14-31-27-20(21)7-10-24(27)34/h4-6,8-9,12,14-15,24,30,32,34H,1,7,10-11,13H2,2-3H3,(H,31,33). The molecule has 35 heavy (non-hydrogen) atoms. The highest BCUT2D eigenvalue weighted by Crippen LogP contribution is 2.39. The van der Waals surface area contributed by atoms with Crippen molar-refractivity contribution in [1.82, 2.24) is 9.97 Å². The zero-order chi connectivity index (χ0) is 24.5. The molecule has 4 N–H and O–H groups in total. The first-order valence-electron chi connectivity index (χ1n) is 11.8. The lowest BCUT2D eigenvalue weighted by atomic mass is 10.0. The smallest absolute Gasteiger partial charge is 0.190 e. The number of aliphatic hydroxyl groups is 1. The molecule has 7 heteroatoms. The number of rotatable bonds is 8. The highest BCUT2D eigenvalue weighted by molar-refractivity contribution is 5.92. The molecule has 5 rings (SSSR count). The van der Waals surface area contributed by atoms with Gasteiger partial charge in [0.15, 0.2) is 11.6 Å². The van der Waals surface area contributed by atoms with Crippen LogP contribution in [0.4, 0.5) is 21.5 Å². The van der Waals surface area contributed by atoms with E-state index in [1.54, 1.807) is 18.3 Å². The molecule has 180 valence electrons. The summed E-state index contributed by atoms with van der Waals surface area (Å²) < 4.78 is 20.8. The minimum absolute atomic E-state index is 0.136. The molecule has 0 fully saturated rings. The van der Waals surface area contributed by atoms with Crippen LogP contribution < -0.4 is 15.4 Å². The normalized spacial score (nSPS) is 14.7. The number of halogens is 1. The lowest BCUT2D eigenvalue weighted by molar-refractivity contribution is 0.176. The van der Waals surface area contributed by atoms with E-state index in [9.17, 15) is 5.11 Å². The van der Waals surface area contributed by atoms with Gasteiger partial charge in [0.25, 0.3) is 0 Å². The molecular weight excluding hydrogens is 443 g/mol. The van der Waals surface area contributed by atoms with Crippen molar-refractivity contribution in [3.8, 4) is 5.75 Å². The third kappa shape index (κ3) is 4.23. The van der Waals surface area contributed by atoms with E-state index in [-0.39, 0.29) is 5.75 Å². The molecule has 0 aliphatic heterocycles. The molecule has 1 aliphatic carbocycles. The number of fused-ring (bicyclic) bond motifs is 2. The fourth-order valence-corrected chi connectivity index (χ4v) is 4.84. The lowest BCUT2D eigenvalue weighted by Gasteiger charge is -2.17. The van der Waals surface area contributed by atoms with Gasteiger partial charge in [-0.1, -0.05) is 24.8 Å². The van der Waals surface area contributed by atoms with Crippen LogP contribution in [0.2, 0.25) is 0 Å². The Hall–Kier alpha value is -3.84. The van der Waals surface area contributed by atoms with Gasteiger partial charge in [0.05, 0.1) is 35.8 Å². The number of benzene rings is 2. The summed E-state index contributed by atoms with van der Waals surface area (Å²) in [5.74, 6) is -0.316. The highest BCUT2D eigenvalue weighted by atomic mass is 19.1. The van der Waals surface area contributed by atoms with Crippen LogP contribution in [0.25, 0.3) is 16.5 Å². The number of nitrogens with zero attached hydrogens (tertiary/aromatic N) is 1. The van der Waals surface area contributed by atoms with E-state index in [1.165, 1.54) is 7.11 Å². The maximum absolute atomic E-state index is 15.3. The monoisotopic (exact) mass is 472 g/mol. The number of hydrogen-bond donors (Lipinski definition) is 4. The Bertz CT molecular complexity index is 1410. The molecule has 2 aromatic carbocycles. The van der Waals surface area contributed by atoms with Crippen molar-refractivity contribution in [3.63, 3.8) is 0 Å². The predicted molar refractivity (Wildman–Crippen MR) is 139 cm³/mol. The van der Waals surface area contributed by atoms with Crippen molar-refractivity contribution in [3.05, 3.63) is 83.6 Å². The van der Waals surface area contributed by atoms with Crippen molar-refractivity contribution in [2.75, 3.05) is 24.3 Å². The van der Waals surface area contributed by atoms with Gasteiger partial charge >= 0.3 is 0 Å². The summed E-state index contributed by atoms with van der Waals surface area (Å²) in [5, 5.41) is 17.7. The van der Waals surface area contributed by atoms with Gasteiger partial charge in [-0.15, -0.1) is 0 Å². The minimum atomic E-state index is -0.554. The molecule has 4 aromatic rings. The van der Waals surface area contributed by atoms with Crippen LogP contribution in [0.3, 0.4) is 0 Å². The van der Waals surface area contributed by atoms with Crippen LogP contribution in [0, 0.1) is 5.82 Å². The van der Waals surface area contributed by atoms with E-state index < -0.39 is 11.9 Å². The molecule has 0 amide bonds. The molecule has 0 radical (unpaired) electrons. The summed E-state index contributed by atoms with van der Waals surface area (Å²) in [6.07, 6.45) is 5.19. The number of aromatic amines is 1. The second-order valence-electron chi connectivity index (χ2n) is 8.91. The maximum Gasteiger partial charge on any atom is 0.190 e. The second kappa shape index (κ2) is 9.43. The molecule has 0 bridgehead atoms. The van der Waals surface area contributed by atoms with Crippen LogP contribution in [0.15, 0.2) is 55.4 Å². The zero-order valence-electron chi connectivity index (χ0n) is 19.9. The Balaban J connectivity index is 1.32. The van der Waals surface area contributed by atoms with Gasteiger partial charge in [0.1, 0.15) is 0 Å². The largest absolute Gasteiger partial charge is 0.492 e. The average Bonchev–Trinajstić information content (AvgIpc) is 3.45. The maximum atomic E-state index is 15.3. The van der Waals surface area contributed by atoms with E-state index >= 15 is 4.39 Å². The molecule has 0 saturated carbocycles. The Morgan fingerprint density at radius 1 is 1.23 bits per heavy atom. The fourth-order valence-electron chi connectivity index (χ4n) is 4.84. The summed E-state index contributed by atoms with van der Waals surface area (Å²) in [6.45, 7) is 6.62. The van der Waals surface area contributed by atoms with Crippen LogP contribution in [0.1, 0.15) is 41.8 Å². The molecule has 0 saturated heterocycles. The third-order valence-corrected chi connectivity index (χ3v) is 6.61. The first-order chi connectivity index (χ1) is 17.0. The minimum Gasteiger partial charge on any atom is -0.492 e. The SMILES string of the molecule is C=C(C)c1cccc2c(CCNc3ccc(Nc4ccnc5c4CCC5O)c(OC)c3F)c[nH]c12. The van der Waals surface area contributed by atoms with Crippen LogP contribution in [-0.2, 0) is 12.8 Å². The zero-order valence-corrected chi connectivity index (χ0v) is 19.9. The van der Waals surface area contributed by atoms with Crippen molar-refractivity contribution in [1.29, 1.82) is 0 Å². The van der Waals surface area contributed by atoms with Crippen molar-refractivity contribution >= 4 is 33.5 Å². The number of para-hydroxylation sites is 1. The lowest BCUT2D eigenvalue weighted by Crippen LogP contribution is -2.08. The molecular formula is C28H29FN4O2. The van der Waals surface area contributed by atoms with Crippen molar-refractivity contribution in [2.45, 2.75) is 32.3 Å². The second-order valence-corrected chi connectivity index (χ2v) is 8.91. The van der Waals surface area contributed by atoms with Gasteiger partial charge in [-0.25, -0.2) is 4.39 Å². The fraction of sp³-hybridized carbons (Fsp3) is 0.250. The molecule has 2 heterocycles. The quantitative estimate of drug-likeness (QED) is 0.248. The number of ether oxygens (including phenoxy) is 1. The topological polar surface area (TPSA) is 82.2 Å². The number of aromatic nitrogens is 2. The number of allylic oxidation sites excluding steroid dienone is 1. The Kier molecular flexibility index (Phi) is 6.17. The summed E-state index contributed by atoms with van der Waals surface area (Å²) in [4.78, 5) is 7.65. The predicted octanol–water partition coefficient (Wildman–Crippen LogP) is 6.12. The van der Waals surface area contributed by atoms with Gasteiger partial charge in [-0.05, 0) is 61.1 Å². The average molecular weight is 473 g/mol. The first kappa shape index (κ1) is 22.9. The molecule has 0 spiro atoms. The number of nitrogens with one attached hydrogen (secondary N) is 3. The Labute approximate surface area is 203 Å². The number of methoxy groups -OCH3 is 1. The summed E-state index contributed by atoms with van der Waals surface area (Å²) >= 11 is 0. The van der Waals surface area contributed by atoms with Gasteiger partial charge < -0.3 is 25.5 Å². The van der Waals surface area contributed by atoms with Gasteiger partial charge in [0, 0.05) is 35.6 Å². The summed E-state index contributed by atoms with van der Waals surface area (Å²) in [6, 6.07) is 11.5. The van der Waals surface area contributed by atoms with E-state index in [1.807, 2.05) is 25.3 Å². The Morgan fingerprint density at radius 2 is 2.06 bits per heavy atom. The molecule has 6 nitrogen and oxygen atoms in total. The van der Waals surface area contributed by atoms with Crippen molar-refractivity contribution < 1.29 is 14.2 Å². The molecule has 1 unspecified atom stereocenters. The van der Waals surface area contributed by atoms with Crippen molar-refractivity contribution in [2.24, 2.45) is 0 Å². The number of anilines is 3. The van der Waals surface area contributed by atoms with Crippen LogP contribution in [0.5, 0.6) is 5.75 Å². The van der Waals surface area contributed by atoms with E-state index in [4.69, 9.17) is 4.74 Å². The van der Waals surface area contributed by atoms with Gasteiger partial charge in [-0.3, -0.25) is 4.98 Å². The number of pyridine rings is 1. The number of hydrogen-bond acceptors (Lipinski definition) is 5. The summed E-state index contributed by atoms with van der Waals surface area (Å²) in [5.41, 5.74) is 7.70. The third-order valence-electron chi connectivity index (χ3n) is 6.61. The molecule has 1 atom stereocenters. The molecule has 2 aromatic heterocycles. The first-order valence-corrected chi connectivity index (χ1v) is 11.8. The van der Waals surface area contributed by atoms with E-state index in [2.05, 4.69) is 39.3 Å². The molecule has 1 aliphatic rings. The van der Waals surface area contributed by atoms with E-state index in [0.29, 0.717) is 30.0 Å². The number of H-pyrrole nitrogens is 1. The van der Waals surface area contributed by atoms with E-state index in [0.717, 1.165) is 51.7 Å².